The second-order valence-electron chi connectivity index (χ2n) is 6.87. The van der Waals surface area contributed by atoms with Crippen LogP contribution in [0.15, 0.2) is 36.7 Å². The molecule has 0 saturated heterocycles. The molecular weight excluding hydrogens is 370 g/mol. The van der Waals surface area contributed by atoms with E-state index in [-0.39, 0.29) is 36.3 Å². The summed E-state index contributed by atoms with van der Waals surface area (Å²) in [6.07, 6.45) is 3.59. The molecule has 148 valence electrons. The first-order chi connectivity index (χ1) is 13.9. The maximum atomic E-state index is 11.9. The van der Waals surface area contributed by atoms with E-state index < -0.39 is 0 Å². The van der Waals surface area contributed by atoms with Gasteiger partial charge >= 0.3 is 0 Å². The van der Waals surface area contributed by atoms with Crippen LogP contribution in [-0.4, -0.2) is 42.1 Å². The lowest BCUT2D eigenvalue weighted by Gasteiger charge is -2.06. The zero-order chi connectivity index (χ0) is 20.8. The molecule has 3 aromatic rings. The van der Waals surface area contributed by atoms with Crippen molar-refractivity contribution in [3.8, 4) is 23.0 Å². The molecule has 0 unspecified atom stereocenters. The molecule has 0 aliphatic heterocycles. The fourth-order valence-electron chi connectivity index (χ4n) is 2.38. The minimum absolute atomic E-state index is 0.0649. The monoisotopic (exact) mass is 391 g/mol. The Labute approximate surface area is 168 Å². The number of Topliss-reactive ketones (excluding diaryl/α,β-unsaturated/α-hetero) is 1. The summed E-state index contributed by atoms with van der Waals surface area (Å²) in [5.74, 6) is 0.354. The van der Waals surface area contributed by atoms with Gasteiger partial charge in [-0.15, -0.1) is 20.4 Å². The van der Waals surface area contributed by atoms with Crippen LogP contribution < -0.4 is 5.32 Å². The quantitative estimate of drug-likeness (QED) is 0.652. The van der Waals surface area contributed by atoms with Gasteiger partial charge in [-0.2, -0.15) is 0 Å². The van der Waals surface area contributed by atoms with Crippen molar-refractivity contribution in [3.05, 3.63) is 42.2 Å². The molecule has 0 aliphatic rings. The molecule has 3 rings (SSSR count). The third-order valence-electron chi connectivity index (χ3n) is 4.14. The topological polar surface area (TPSA) is 124 Å². The number of anilines is 1. The number of hydrogen-bond donors (Lipinski definition) is 1. The summed E-state index contributed by atoms with van der Waals surface area (Å²) in [6, 6.07) is 7.06. The molecule has 0 aromatic carbocycles. The van der Waals surface area contributed by atoms with Gasteiger partial charge in [0, 0.05) is 25.0 Å². The average Bonchev–Trinajstić information content (AvgIpc) is 2.73. The number of nitrogens with zero attached hydrogens (tertiary/aromatic N) is 6. The lowest BCUT2D eigenvalue weighted by atomic mass is 10.0. The van der Waals surface area contributed by atoms with Crippen LogP contribution in [0.5, 0.6) is 0 Å². The standard InChI is InChI=1S/C20H21N7O2/c1-12(2)17(28)8-9-18(29)23-14-5-7-16(22-11-14)20-26-24-19(25-27-20)15-6-4-13(3)10-21-15/h4-7,10-12H,8-9H2,1-3H3,(H,23,29). The summed E-state index contributed by atoms with van der Waals surface area (Å²) in [6.45, 7) is 5.58. The Kier molecular flexibility index (Phi) is 6.28. The molecule has 0 radical (unpaired) electrons. The van der Waals surface area contributed by atoms with Gasteiger partial charge < -0.3 is 5.32 Å². The Morgan fingerprint density at radius 1 is 0.862 bits per heavy atom. The number of carbonyl (C=O) groups excluding carboxylic acids is 2. The van der Waals surface area contributed by atoms with E-state index in [0.29, 0.717) is 22.9 Å². The maximum Gasteiger partial charge on any atom is 0.224 e. The zero-order valence-electron chi connectivity index (χ0n) is 16.5. The molecule has 0 atom stereocenters. The van der Waals surface area contributed by atoms with E-state index in [1.165, 1.54) is 6.20 Å². The molecule has 0 aliphatic carbocycles. The van der Waals surface area contributed by atoms with E-state index in [2.05, 4.69) is 35.7 Å². The largest absolute Gasteiger partial charge is 0.325 e. The van der Waals surface area contributed by atoms with E-state index >= 15 is 0 Å². The van der Waals surface area contributed by atoms with Crippen molar-refractivity contribution < 1.29 is 9.59 Å². The summed E-state index contributed by atoms with van der Waals surface area (Å²) in [4.78, 5) is 32.0. The van der Waals surface area contributed by atoms with Gasteiger partial charge in [0.1, 0.15) is 17.2 Å². The van der Waals surface area contributed by atoms with Gasteiger partial charge in [-0.3, -0.25) is 19.6 Å². The highest BCUT2D eigenvalue weighted by molar-refractivity contribution is 5.93. The number of amides is 1. The van der Waals surface area contributed by atoms with E-state index in [0.717, 1.165) is 5.56 Å². The highest BCUT2D eigenvalue weighted by Gasteiger charge is 2.12. The van der Waals surface area contributed by atoms with Gasteiger partial charge in [-0.25, -0.2) is 0 Å². The van der Waals surface area contributed by atoms with Crippen molar-refractivity contribution in [2.75, 3.05) is 5.32 Å². The Morgan fingerprint density at radius 2 is 1.45 bits per heavy atom. The minimum atomic E-state index is -0.233. The number of hydrogen-bond acceptors (Lipinski definition) is 8. The summed E-state index contributed by atoms with van der Waals surface area (Å²) in [7, 11) is 0. The number of ketones is 1. The van der Waals surface area contributed by atoms with E-state index in [9.17, 15) is 9.59 Å². The second-order valence-corrected chi connectivity index (χ2v) is 6.87. The molecule has 29 heavy (non-hydrogen) atoms. The Bertz CT molecular complexity index is 985. The maximum absolute atomic E-state index is 11.9. The Morgan fingerprint density at radius 3 is 1.93 bits per heavy atom. The van der Waals surface area contributed by atoms with Gasteiger partial charge in [0.15, 0.2) is 0 Å². The van der Waals surface area contributed by atoms with Crippen molar-refractivity contribution >= 4 is 17.4 Å². The van der Waals surface area contributed by atoms with Crippen molar-refractivity contribution in [1.82, 2.24) is 30.4 Å². The van der Waals surface area contributed by atoms with E-state index in [4.69, 9.17) is 0 Å². The van der Waals surface area contributed by atoms with Crippen LogP contribution in [0.3, 0.4) is 0 Å². The highest BCUT2D eigenvalue weighted by atomic mass is 16.2. The number of carbonyl (C=O) groups is 2. The number of nitrogens with one attached hydrogen (secondary N) is 1. The van der Waals surface area contributed by atoms with Gasteiger partial charge in [-0.1, -0.05) is 19.9 Å². The summed E-state index contributed by atoms with van der Waals surface area (Å²) in [5.41, 5.74) is 2.62. The molecule has 0 saturated carbocycles. The number of aryl methyl sites for hydroxylation is 1. The third kappa shape index (κ3) is 5.44. The molecule has 3 heterocycles. The van der Waals surface area contributed by atoms with Crippen molar-refractivity contribution in [3.63, 3.8) is 0 Å². The van der Waals surface area contributed by atoms with Crippen LogP contribution in [0.25, 0.3) is 23.0 Å². The highest BCUT2D eigenvalue weighted by Crippen LogP contribution is 2.16. The van der Waals surface area contributed by atoms with Crippen LogP contribution in [0, 0.1) is 12.8 Å². The summed E-state index contributed by atoms with van der Waals surface area (Å²) >= 11 is 0. The fourth-order valence-corrected chi connectivity index (χ4v) is 2.38. The number of aromatic nitrogens is 6. The van der Waals surface area contributed by atoms with Gasteiger partial charge in [-0.05, 0) is 30.7 Å². The van der Waals surface area contributed by atoms with Crippen LogP contribution in [0.2, 0.25) is 0 Å². The SMILES string of the molecule is Cc1ccc(-c2nnc(-c3ccc(NC(=O)CCC(=O)C(C)C)cn3)nn2)nc1. The smallest absolute Gasteiger partial charge is 0.224 e. The predicted octanol–water partition coefficient (Wildman–Crippen LogP) is 2.64. The minimum Gasteiger partial charge on any atom is -0.325 e. The number of pyridine rings is 2. The number of rotatable bonds is 7. The first-order valence-electron chi connectivity index (χ1n) is 9.22. The molecule has 0 spiro atoms. The fraction of sp³-hybridized carbons (Fsp3) is 0.300. The molecule has 0 bridgehead atoms. The molecule has 0 fully saturated rings. The van der Waals surface area contributed by atoms with Crippen LogP contribution in [-0.2, 0) is 9.59 Å². The van der Waals surface area contributed by atoms with Crippen LogP contribution >= 0.6 is 0 Å². The third-order valence-corrected chi connectivity index (χ3v) is 4.14. The second kappa shape index (κ2) is 9.05. The van der Waals surface area contributed by atoms with Crippen molar-refractivity contribution in [2.24, 2.45) is 5.92 Å². The lowest BCUT2D eigenvalue weighted by Crippen LogP contribution is -2.15. The van der Waals surface area contributed by atoms with E-state index in [1.54, 1.807) is 24.4 Å². The van der Waals surface area contributed by atoms with Crippen molar-refractivity contribution in [1.29, 1.82) is 0 Å². The first-order valence-corrected chi connectivity index (χ1v) is 9.22. The summed E-state index contributed by atoms with van der Waals surface area (Å²) in [5, 5.41) is 18.9. The van der Waals surface area contributed by atoms with Gasteiger partial charge in [0.25, 0.3) is 0 Å². The Hall–Kier alpha value is -3.62. The van der Waals surface area contributed by atoms with Gasteiger partial charge in [0.05, 0.1) is 11.9 Å². The van der Waals surface area contributed by atoms with E-state index in [1.807, 2.05) is 26.8 Å². The summed E-state index contributed by atoms with van der Waals surface area (Å²) < 4.78 is 0. The molecule has 9 heteroatoms. The van der Waals surface area contributed by atoms with Gasteiger partial charge in [0.2, 0.25) is 17.6 Å². The average molecular weight is 391 g/mol. The van der Waals surface area contributed by atoms with Crippen molar-refractivity contribution in [2.45, 2.75) is 33.6 Å². The molecular formula is C20H21N7O2. The molecule has 1 N–H and O–H groups in total. The molecule has 3 aromatic heterocycles. The predicted molar refractivity (Wildman–Crippen MR) is 107 cm³/mol. The normalized spacial score (nSPS) is 10.8. The molecule has 1 amide bonds. The first kappa shape index (κ1) is 20.1. The lowest BCUT2D eigenvalue weighted by molar-refractivity contribution is -0.124. The Balaban J connectivity index is 1.61. The van der Waals surface area contributed by atoms with Crippen LogP contribution in [0.1, 0.15) is 32.3 Å². The molecule has 9 nitrogen and oxygen atoms in total. The zero-order valence-corrected chi connectivity index (χ0v) is 16.5. The van der Waals surface area contributed by atoms with Crippen LogP contribution in [0.4, 0.5) is 5.69 Å².